The molecule has 5 rings (SSSR count). The van der Waals surface area contributed by atoms with E-state index in [1.54, 1.807) is 0 Å². The normalized spacial score (nSPS) is 14.2. The fourth-order valence-corrected chi connectivity index (χ4v) is 4.19. The lowest BCUT2D eigenvalue weighted by Gasteiger charge is -2.08. The predicted molar refractivity (Wildman–Crippen MR) is 131 cm³/mol. The van der Waals surface area contributed by atoms with Crippen LogP contribution in [0.25, 0.3) is 29.6 Å². The van der Waals surface area contributed by atoms with Gasteiger partial charge < -0.3 is 0 Å². The van der Waals surface area contributed by atoms with Gasteiger partial charge in [-0.2, -0.15) is 0 Å². The van der Waals surface area contributed by atoms with Crippen LogP contribution in [0.15, 0.2) is 89.0 Å². The monoisotopic (exact) mass is 421 g/mol. The molecule has 4 heteroatoms. The molecule has 152 valence electrons. The Hall–Kier alpha value is -3.37. The lowest BCUT2D eigenvalue weighted by Crippen LogP contribution is -2.25. The van der Waals surface area contributed by atoms with Crippen LogP contribution in [0.5, 0.6) is 0 Å². The number of aromatic nitrogens is 3. The van der Waals surface area contributed by atoms with E-state index in [1.165, 1.54) is 16.7 Å². The fourth-order valence-electron chi connectivity index (χ4n) is 3.96. The molecule has 0 amide bonds. The maximum absolute atomic E-state index is 5.02. The number of nitrogens with zero attached hydrogens (tertiary/aromatic N) is 3. The molecule has 2 heterocycles. The van der Waals surface area contributed by atoms with Crippen LogP contribution in [-0.4, -0.2) is 14.4 Å². The lowest BCUT2D eigenvalue weighted by atomic mass is 10.1. The minimum Gasteiger partial charge on any atom is -0.297 e. The highest BCUT2D eigenvalue weighted by molar-refractivity contribution is 7.80. The van der Waals surface area contributed by atoms with Gasteiger partial charge in [0.15, 0.2) is 5.65 Å². The predicted octanol–water partition coefficient (Wildman–Crippen LogP) is 4.74. The maximum Gasteiger partial charge on any atom is 0.160 e. The number of rotatable bonds is 4. The van der Waals surface area contributed by atoms with Gasteiger partial charge in [-0.15, -0.1) is 12.6 Å². The molecule has 4 aromatic rings. The first-order chi connectivity index (χ1) is 15.1. The minimum absolute atomic E-state index is 0.706. The summed E-state index contributed by atoms with van der Waals surface area (Å²) in [7, 11) is 0. The summed E-state index contributed by atoms with van der Waals surface area (Å²) < 4.78 is 2.08. The number of imidazole rings is 1. The van der Waals surface area contributed by atoms with E-state index in [4.69, 9.17) is 9.97 Å². The number of allylic oxidation sites excluding steroid dienone is 4. The van der Waals surface area contributed by atoms with Gasteiger partial charge in [-0.1, -0.05) is 66.8 Å². The lowest BCUT2D eigenvalue weighted by molar-refractivity contribution is 1.01. The number of benzene rings is 2. The Kier molecular flexibility index (Phi) is 5.08. The molecule has 0 fully saturated rings. The van der Waals surface area contributed by atoms with Gasteiger partial charge in [0, 0.05) is 23.1 Å². The molecule has 0 atom stereocenters. The average Bonchev–Trinajstić information content (AvgIpc) is 3.32. The molecule has 0 unspecified atom stereocenters. The standard InChI is InChI=1S/C27H23N3S/c1-18-11-12-21(13-18)15-24-19(2)30-17-26(22-9-6-10-23(31)16-22)28-25(27(30)29-24)14-20-7-4-3-5-8-20/h3-12,15-17,31H,2,13-14H2,1H3/b24-15-. The highest BCUT2D eigenvalue weighted by atomic mass is 32.1. The van der Waals surface area contributed by atoms with E-state index in [0.29, 0.717) is 6.42 Å². The Bertz CT molecular complexity index is 1460. The van der Waals surface area contributed by atoms with E-state index in [1.807, 2.05) is 30.5 Å². The Morgan fingerprint density at radius 3 is 2.65 bits per heavy atom. The van der Waals surface area contributed by atoms with Gasteiger partial charge in [0.05, 0.1) is 22.1 Å². The van der Waals surface area contributed by atoms with Crippen molar-refractivity contribution in [3.63, 3.8) is 0 Å². The zero-order valence-electron chi connectivity index (χ0n) is 17.4. The van der Waals surface area contributed by atoms with Crippen LogP contribution in [0.4, 0.5) is 0 Å². The molecule has 2 aromatic heterocycles. The van der Waals surface area contributed by atoms with Crippen molar-refractivity contribution in [2.24, 2.45) is 0 Å². The summed E-state index contributed by atoms with van der Waals surface area (Å²) in [6.07, 6.45) is 10.2. The van der Waals surface area contributed by atoms with Gasteiger partial charge in [0.2, 0.25) is 0 Å². The molecule has 2 aromatic carbocycles. The first-order valence-electron chi connectivity index (χ1n) is 10.3. The molecule has 0 spiro atoms. The molecule has 0 bridgehead atoms. The summed E-state index contributed by atoms with van der Waals surface area (Å²) in [6, 6.07) is 18.5. The van der Waals surface area contributed by atoms with Crippen LogP contribution in [0.3, 0.4) is 0 Å². The van der Waals surface area contributed by atoms with Crippen LogP contribution < -0.4 is 10.7 Å². The van der Waals surface area contributed by atoms with Crippen molar-refractivity contribution in [3.8, 4) is 11.3 Å². The average molecular weight is 422 g/mol. The van der Waals surface area contributed by atoms with Crippen LogP contribution in [0, 0.1) is 0 Å². The Morgan fingerprint density at radius 2 is 1.90 bits per heavy atom. The third-order valence-electron chi connectivity index (χ3n) is 5.55. The molecule has 0 N–H and O–H groups in total. The van der Waals surface area contributed by atoms with Gasteiger partial charge >= 0.3 is 0 Å². The molecule has 31 heavy (non-hydrogen) atoms. The Labute approximate surface area is 187 Å². The van der Waals surface area contributed by atoms with E-state index in [2.05, 4.69) is 79.1 Å². The zero-order valence-corrected chi connectivity index (χ0v) is 18.3. The third-order valence-corrected chi connectivity index (χ3v) is 5.83. The van der Waals surface area contributed by atoms with Crippen molar-refractivity contribution in [2.75, 3.05) is 0 Å². The molecular weight excluding hydrogens is 398 g/mol. The van der Waals surface area contributed by atoms with Gasteiger partial charge in [0.1, 0.15) is 0 Å². The summed E-state index contributed by atoms with van der Waals surface area (Å²) in [5, 5.41) is 1.77. The van der Waals surface area contributed by atoms with E-state index in [9.17, 15) is 0 Å². The van der Waals surface area contributed by atoms with Gasteiger partial charge in [-0.3, -0.25) is 4.40 Å². The van der Waals surface area contributed by atoms with Gasteiger partial charge in [-0.25, -0.2) is 9.97 Å². The molecular formula is C27H23N3S. The number of thiol groups is 1. The van der Waals surface area contributed by atoms with Crippen molar-refractivity contribution in [3.05, 3.63) is 106 Å². The molecule has 1 aliphatic rings. The quantitative estimate of drug-likeness (QED) is 0.482. The van der Waals surface area contributed by atoms with E-state index < -0.39 is 0 Å². The molecule has 0 radical (unpaired) electrons. The third kappa shape index (κ3) is 3.99. The first kappa shape index (κ1) is 19.6. The number of hydrogen-bond acceptors (Lipinski definition) is 3. The molecule has 0 aliphatic heterocycles. The summed E-state index contributed by atoms with van der Waals surface area (Å²) in [6.45, 7) is 6.50. The highest BCUT2D eigenvalue weighted by Gasteiger charge is 2.13. The van der Waals surface area contributed by atoms with Crippen molar-refractivity contribution in [1.82, 2.24) is 14.4 Å². The van der Waals surface area contributed by atoms with E-state index in [0.717, 1.165) is 44.6 Å². The zero-order chi connectivity index (χ0) is 21.4. The molecule has 0 saturated heterocycles. The molecule has 3 nitrogen and oxygen atoms in total. The Balaban J connectivity index is 1.71. The first-order valence-corrected chi connectivity index (χ1v) is 10.8. The number of hydrogen-bond donors (Lipinski definition) is 1. The summed E-state index contributed by atoms with van der Waals surface area (Å²) in [4.78, 5) is 10.9. The summed E-state index contributed by atoms with van der Waals surface area (Å²) >= 11 is 4.50. The summed E-state index contributed by atoms with van der Waals surface area (Å²) in [5.74, 6) is 0. The SMILES string of the molecule is C=c1/c(=C/C2=CC=C(C)C2)nc2c(Cc3ccccc3)nc(-c3cccc(S)c3)cn12. The van der Waals surface area contributed by atoms with Gasteiger partial charge in [-0.05, 0) is 42.7 Å². The molecule has 1 aliphatic carbocycles. The minimum atomic E-state index is 0.706. The molecule has 0 saturated carbocycles. The Morgan fingerprint density at radius 1 is 1.06 bits per heavy atom. The maximum atomic E-state index is 5.02. The van der Waals surface area contributed by atoms with Crippen LogP contribution >= 0.6 is 12.6 Å². The van der Waals surface area contributed by atoms with Crippen LogP contribution in [0.1, 0.15) is 24.6 Å². The van der Waals surface area contributed by atoms with Crippen molar-refractivity contribution in [1.29, 1.82) is 0 Å². The largest absolute Gasteiger partial charge is 0.297 e. The van der Waals surface area contributed by atoms with Gasteiger partial charge in [0.25, 0.3) is 0 Å². The topological polar surface area (TPSA) is 30.2 Å². The van der Waals surface area contributed by atoms with Crippen molar-refractivity contribution < 1.29 is 0 Å². The van der Waals surface area contributed by atoms with Crippen molar-refractivity contribution >= 4 is 30.9 Å². The van der Waals surface area contributed by atoms with E-state index >= 15 is 0 Å². The van der Waals surface area contributed by atoms with Crippen LogP contribution in [-0.2, 0) is 6.42 Å². The van der Waals surface area contributed by atoms with E-state index in [-0.39, 0.29) is 0 Å². The fraction of sp³-hybridized carbons (Fsp3) is 0.111. The van der Waals surface area contributed by atoms with Crippen LogP contribution in [0.2, 0.25) is 0 Å². The summed E-state index contributed by atoms with van der Waals surface area (Å²) in [5.41, 5.74) is 7.53. The smallest absolute Gasteiger partial charge is 0.160 e. The highest BCUT2D eigenvalue weighted by Crippen LogP contribution is 2.23. The second-order valence-corrected chi connectivity index (χ2v) is 8.52. The number of fused-ring (bicyclic) bond motifs is 1. The van der Waals surface area contributed by atoms with Crippen molar-refractivity contribution in [2.45, 2.75) is 24.7 Å². The second-order valence-electron chi connectivity index (χ2n) is 8.00. The second kappa shape index (κ2) is 8.05.